The molecular weight excluding hydrogens is 522 g/mol. The van der Waals surface area contributed by atoms with Crippen molar-refractivity contribution in [3.63, 3.8) is 0 Å². The van der Waals surface area contributed by atoms with E-state index in [2.05, 4.69) is 53.7 Å². The maximum absolute atomic E-state index is 12.9. The number of nitrogens with zero attached hydrogens (tertiary/aromatic N) is 1. The third kappa shape index (κ3) is 3.51. The van der Waals surface area contributed by atoms with Crippen molar-refractivity contribution in [2.24, 2.45) is 50.7 Å². The molecule has 0 radical (unpaired) electrons. The average molecular weight is 578 g/mol. The van der Waals surface area contributed by atoms with Gasteiger partial charge in [-0.2, -0.15) is 0 Å². The number of fused-ring (bicyclic) bond motifs is 4. The van der Waals surface area contributed by atoms with E-state index >= 15 is 0 Å². The Labute approximate surface area is 253 Å². The maximum atomic E-state index is 12.9. The highest BCUT2D eigenvalue weighted by Gasteiger charge is 2.84. The van der Waals surface area contributed by atoms with Crippen molar-refractivity contribution in [3.8, 4) is 0 Å². The van der Waals surface area contributed by atoms with E-state index in [1.807, 2.05) is 23.1 Å². The van der Waals surface area contributed by atoms with Crippen LogP contribution in [0.1, 0.15) is 111 Å². The molecule has 5 heteroatoms. The van der Waals surface area contributed by atoms with Gasteiger partial charge in [0.25, 0.3) is 0 Å². The number of amides is 1. The third-order valence-electron chi connectivity index (χ3n) is 15.4. The van der Waals surface area contributed by atoms with E-state index in [1.54, 1.807) is 6.92 Å². The minimum absolute atomic E-state index is 0.0224. The van der Waals surface area contributed by atoms with Gasteiger partial charge in [-0.25, -0.2) is 0 Å². The Morgan fingerprint density at radius 2 is 1.67 bits per heavy atom. The average Bonchev–Trinajstić information content (AvgIpc) is 3.59. The van der Waals surface area contributed by atoms with E-state index < -0.39 is 6.10 Å². The lowest BCUT2D eigenvalue weighted by atomic mass is 9.41. The number of hydrogen-bond donors (Lipinski definition) is 2. The molecule has 0 aromatic heterocycles. The molecule has 1 heterocycles. The highest BCUT2D eigenvalue weighted by Crippen LogP contribution is 2.89. The van der Waals surface area contributed by atoms with Crippen LogP contribution in [-0.2, 0) is 9.53 Å². The second-order valence-corrected chi connectivity index (χ2v) is 16.9. The molecule has 6 fully saturated rings. The van der Waals surface area contributed by atoms with Gasteiger partial charge in [-0.05, 0) is 109 Å². The van der Waals surface area contributed by atoms with Crippen molar-refractivity contribution in [1.29, 1.82) is 0 Å². The van der Waals surface area contributed by atoms with Crippen LogP contribution in [0, 0.1) is 50.7 Å². The normalized spacial score (nSPS) is 50.8. The monoisotopic (exact) mass is 577 g/mol. The Morgan fingerprint density at radius 3 is 2.36 bits per heavy atom. The zero-order valence-corrected chi connectivity index (χ0v) is 27.1. The molecule has 2 N–H and O–H groups in total. The van der Waals surface area contributed by atoms with Crippen molar-refractivity contribution in [2.45, 2.75) is 130 Å². The SMILES string of the molecule is CC(=O)N(CC1C[C@@H](C)[C@H]2C(O1)[C@H](O)[C@@]1(C)C3CC[C@H]4C(C)(C)[C@@H](O)CC[C@@]45C[C@@]35CC[C@]21C)[C@H](C)c1ccccc1. The summed E-state index contributed by atoms with van der Waals surface area (Å²) in [5.74, 6) is 1.93. The standard InChI is InChI=1S/C37H55NO4/c1-22-19-26(20-38(24(3)39)23(2)25-11-9-8-10-12-25)42-31-30(22)34(6)17-18-37-21-36(37)16-15-29(40)33(4,5)27(36)13-14-28(37)35(34,7)32(31)41/h8-12,22-23,26-32,40-41H,13-21H2,1-7H3/t22-,23-,26?,27+,28?,29+,30+,31?,32+,34-,35-,36-,37+/m1/s1. The Bertz CT molecular complexity index is 1230. The number of aliphatic hydroxyl groups excluding tert-OH is 2. The van der Waals surface area contributed by atoms with Crippen molar-refractivity contribution < 1.29 is 19.7 Å². The first-order chi connectivity index (χ1) is 19.7. The molecule has 1 aromatic rings. The van der Waals surface area contributed by atoms with Crippen LogP contribution in [0.5, 0.6) is 0 Å². The largest absolute Gasteiger partial charge is 0.393 e. The van der Waals surface area contributed by atoms with Crippen molar-refractivity contribution in [3.05, 3.63) is 35.9 Å². The predicted octanol–water partition coefficient (Wildman–Crippen LogP) is 6.77. The first kappa shape index (κ1) is 29.3. The molecule has 3 unspecified atom stereocenters. The van der Waals surface area contributed by atoms with E-state index in [0.717, 1.165) is 31.2 Å². The predicted molar refractivity (Wildman–Crippen MR) is 164 cm³/mol. The number of carbonyl (C=O) groups is 1. The second-order valence-electron chi connectivity index (χ2n) is 16.9. The number of carbonyl (C=O) groups excluding carboxylic acids is 1. The smallest absolute Gasteiger partial charge is 0.220 e. The Morgan fingerprint density at radius 1 is 1.00 bits per heavy atom. The fourth-order valence-corrected chi connectivity index (χ4v) is 13.2. The summed E-state index contributed by atoms with van der Waals surface area (Å²) in [7, 11) is 0. The molecule has 1 aromatic carbocycles. The number of aliphatic hydroxyl groups is 2. The van der Waals surface area contributed by atoms with Crippen LogP contribution in [0.15, 0.2) is 30.3 Å². The molecule has 0 bridgehead atoms. The van der Waals surface area contributed by atoms with Crippen LogP contribution in [0.4, 0.5) is 0 Å². The molecule has 2 spiro atoms. The summed E-state index contributed by atoms with van der Waals surface area (Å²) in [5.41, 5.74) is 1.63. The van der Waals surface area contributed by atoms with E-state index in [9.17, 15) is 15.0 Å². The molecule has 42 heavy (non-hydrogen) atoms. The van der Waals surface area contributed by atoms with Gasteiger partial charge in [-0.1, -0.05) is 65.0 Å². The van der Waals surface area contributed by atoms with Gasteiger partial charge in [0, 0.05) is 18.9 Å². The third-order valence-corrected chi connectivity index (χ3v) is 15.4. The molecule has 5 nitrogen and oxygen atoms in total. The lowest BCUT2D eigenvalue weighted by molar-refractivity contribution is -0.182. The van der Waals surface area contributed by atoms with Gasteiger partial charge in [0.2, 0.25) is 5.91 Å². The van der Waals surface area contributed by atoms with E-state index in [-0.39, 0.29) is 46.5 Å². The van der Waals surface area contributed by atoms with Crippen LogP contribution >= 0.6 is 0 Å². The fraction of sp³-hybridized carbons (Fsp3) is 0.811. The molecule has 5 aliphatic carbocycles. The van der Waals surface area contributed by atoms with Gasteiger partial charge in [-0.3, -0.25) is 4.79 Å². The zero-order chi connectivity index (χ0) is 30.0. The van der Waals surface area contributed by atoms with Gasteiger partial charge in [0.15, 0.2) is 0 Å². The Hall–Kier alpha value is -1.43. The van der Waals surface area contributed by atoms with E-state index in [0.29, 0.717) is 41.0 Å². The quantitative estimate of drug-likeness (QED) is 0.414. The van der Waals surface area contributed by atoms with E-state index in [1.165, 1.54) is 25.7 Å². The summed E-state index contributed by atoms with van der Waals surface area (Å²) in [5, 5.41) is 23.5. The second kappa shape index (κ2) is 9.30. The summed E-state index contributed by atoms with van der Waals surface area (Å²) in [6.45, 7) is 16.3. The van der Waals surface area contributed by atoms with Crippen LogP contribution < -0.4 is 0 Å². The molecule has 1 amide bonds. The lowest BCUT2D eigenvalue weighted by Crippen LogP contribution is -2.59. The lowest BCUT2D eigenvalue weighted by Gasteiger charge is -2.63. The number of rotatable bonds is 4. The van der Waals surface area contributed by atoms with Crippen LogP contribution in [0.2, 0.25) is 0 Å². The highest BCUT2D eigenvalue weighted by atomic mass is 16.5. The summed E-state index contributed by atoms with van der Waals surface area (Å²) in [6.07, 6.45) is 8.14. The Balaban J connectivity index is 1.16. The molecule has 1 saturated heterocycles. The van der Waals surface area contributed by atoms with Gasteiger partial charge in [0.1, 0.15) is 0 Å². The molecule has 13 atom stereocenters. The zero-order valence-electron chi connectivity index (χ0n) is 27.1. The van der Waals surface area contributed by atoms with Gasteiger partial charge < -0.3 is 19.8 Å². The number of benzene rings is 1. The van der Waals surface area contributed by atoms with Crippen LogP contribution in [0.3, 0.4) is 0 Å². The fourth-order valence-electron chi connectivity index (χ4n) is 13.2. The summed E-state index contributed by atoms with van der Waals surface area (Å²) >= 11 is 0. The maximum Gasteiger partial charge on any atom is 0.220 e. The number of ether oxygens (including phenoxy) is 1. The van der Waals surface area contributed by atoms with E-state index in [4.69, 9.17) is 4.74 Å². The summed E-state index contributed by atoms with van der Waals surface area (Å²) in [6, 6.07) is 10.3. The molecule has 5 saturated carbocycles. The van der Waals surface area contributed by atoms with Crippen LogP contribution in [-0.4, -0.2) is 52.0 Å². The topological polar surface area (TPSA) is 70.0 Å². The van der Waals surface area contributed by atoms with Gasteiger partial charge in [0.05, 0.1) is 30.5 Å². The summed E-state index contributed by atoms with van der Waals surface area (Å²) < 4.78 is 6.98. The van der Waals surface area contributed by atoms with Crippen molar-refractivity contribution >= 4 is 5.91 Å². The molecule has 232 valence electrons. The molecule has 1 aliphatic heterocycles. The van der Waals surface area contributed by atoms with Crippen LogP contribution in [0.25, 0.3) is 0 Å². The first-order valence-electron chi connectivity index (χ1n) is 17.1. The number of hydrogen-bond acceptors (Lipinski definition) is 4. The summed E-state index contributed by atoms with van der Waals surface area (Å²) in [4.78, 5) is 14.9. The molecule has 6 aliphatic rings. The molecule has 7 rings (SSSR count). The van der Waals surface area contributed by atoms with Gasteiger partial charge >= 0.3 is 0 Å². The minimum Gasteiger partial charge on any atom is -0.393 e. The minimum atomic E-state index is -0.492. The Kier molecular flexibility index (Phi) is 6.48. The van der Waals surface area contributed by atoms with Gasteiger partial charge in [-0.15, -0.1) is 0 Å². The first-order valence-corrected chi connectivity index (χ1v) is 17.1. The molecular formula is C37H55NO4. The highest BCUT2D eigenvalue weighted by molar-refractivity contribution is 5.73. The van der Waals surface area contributed by atoms with Crippen molar-refractivity contribution in [2.75, 3.05) is 6.54 Å². The van der Waals surface area contributed by atoms with Crippen molar-refractivity contribution in [1.82, 2.24) is 4.90 Å².